The van der Waals surface area contributed by atoms with Gasteiger partial charge in [-0.3, -0.25) is 0 Å². The monoisotopic (exact) mass is 429 g/mol. The van der Waals surface area contributed by atoms with E-state index in [1.165, 1.54) is 34.6 Å². The summed E-state index contributed by atoms with van der Waals surface area (Å²) < 4.78 is 25.9. The molecule has 7 nitrogen and oxygen atoms in total. The van der Waals surface area contributed by atoms with E-state index in [1.54, 1.807) is 17.4 Å². The molecular weight excluding hydrogens is 402 g/mol. The number of aliphatic imine (C=N–C) groups is 1. The molecule has 2 rings (SSSR count). The van der Waals surface area contributed by atoms with E-state index in [-0.39, 0.29) is 0 Å². The summed E-state index contributed by atoms with van der Waals surface area (Å²) in [4.78, 5) is 11.3. The van der Waals surface area contributed by atoms with Crippen molar-refractivity contribution in [3.63, 3.8) is 0 Å². The molecule has 27 heavy (non-hydrogen) atoms. The zero-order valence-electron chi connectivity index (χ0n) is 16.4. The van der Waals surface area contributed by atoms with Gasteiger partial charge < -0.3 is 10.6 Å². The number of nitrogens with zero attached hydrogens (tertiary/aromatic N) is 3. The van der Waals surface area contributed by atoms with Gasteiger partial charge in [-0.05, 0) is 32.9 Å². The Labute approximate surface area is 169 Å². The molecule has 0 fully saturated rings. The van der Waals surface area contributed by atoms with Crippen molar-refractivity contribution in [2.75, 3.05) is 27.2 Å². The first kappa shape index (κ1) is 21.8. The van der Waals surface area contributed by atoms with Crippen LogP contribution >= 0.6 is 22.7 Å². The fraction of sp³-hybridized carbons (Fsp3) is 0.529. The van der Waals surface area contributed by atoms with Crippen molar-refractivity contribution in [2.45, 2.75) is 37.9 Å². The van der Waals surface area contributed by atoms with Gasteiger partial charge in [0.15, 0.2) is 5.96 Å². The summed E-state index contributed by atoms with van der Waals surface area (Å²) in [6.07, 6.45) is 0.841. The van der Waals surface area contributed by atoms with Crippen LogP contribution in [0.2, 0.25) is 0 Å². The Morgan fingerprint density at radius 3 is 2.56 bits per heavy atom. The van der Waals surface area contributed by atoms with Crippen molar-refractivity contribution in [1.29, 1.82) is 0 Å². The van der Waals surface area contributed by atoms with Crippen molar-refractivity contribution in [1.82, 2.24) is 19.9 Å². The lowest BCUT2D eigenvalue weighted by Crippen LogP contribution is -2.38. The summed E-state index contributed by atoms with van der Waals surface area (Å²) in [6, 6.07) is 3.45. The van der Waals surface area contributed by atoms with Gasteiger partial charge in [-0.15, -0.1) is 22.7 Å². The summed E-state index contributed by atoms with van der Waals surface area (Å²) in [5.74, 6) is 0.716. The standard InChI is InChI=1S/C17H27N5O2S3/c1-6-18-17(19-10-9-15-21-12(2)13(3)25-15)20-11-14-7-8-16(26-14)27(23,24)22(4)5/h7-8H,6,9-11H2,1-5H3,(H2,18,19,20). The number of thiophene rings is 1. The molecule has 10 heteroatoms. The van der Waals surface area contributed by atoms with Crippen LogP contribution in [0.4, 0.5) is 0 Å². The molecule has 2 aromatic heterocycles. The van der Waals surface area contributed by atoms with E-state index in [9.17, 15) is 8.42 Å². The van der Waals surface area contributed by atoms with Crippen LogP contribution in [0, 0.1) is 13.8 Å². The molecule has 150 valence electrons. The second-order valence-corrected chi connectivity index (χ2v) is 11.0. The van der Waals surface area contributed by atoms with Crippen LogP contribution in [-0.4, -0.2) is 50.9 Å². The van der Waals surface area contributed by atoms with E-state index in [4.69, 9.17) is 0 Å². The first-order valence-corrected chi connectivity index (χ1v) is 11.8. The molecular formula is C17H27N5O2S3. The second kappa shape index (κ2) is 9.63. The van der Waals surface area contributed by atoms with Gasteiger partial charge in [0, 0.05) is 43.4 Å². The van der Waals surface area contributed by atoms with Crippen molar-refractivity contribution in [3.05, 3.63) is 32.6 Å². The molecule has 0 spiro atoms. The Morgan fingerprint density at radius 1 is 1.22 bits per heavy atom. The third-order valence-corrected chi connectivity index (χ3v) is 8.30. The average molecular weight is 430 g/mol. The lowest BCUT2D eigenvalue weighted by atomic mass is 10.4. The predicted molar refractivity (Wildman–Crippen MR) is 113 cm³/mol. The molecule has 2 N–H and O–H groups in total. The summed E-state index contributed by atoms with van der Waals surface area (Å²) in [5.41, 5.74) is 1.09. The molecule has 0 radical (unpaired) electrons. The SMILES string of the molecule is CCNC(=NCc1ccc(S(=O)(=O)N(C)C)s1)NCCc1nc(C)c(C)s1. The Morgan fingerprint density at radius 2 is 1.96 bits per heavy atom. The molecule has 0 unspecified atom stereocenters. The van der Waals surface area contributed by atoms with Gasteiger partial charge in [0.25, 0.3) is 10.0 Å². The third-order valence-electron chi connectivity index (χ3n) is 3.81. The first-order valence-electron chi connectivity index (χ1n) is 8.70. The van der Waals surface area contributed by atoms with Crippen LogP contribution in [0.15, 0.2) is 21.3 Å². The van der Waals surface area contributed by atoms with Crippen LogP contribution in [-0.2, 0) is 23.0 Å². The van der Waals surface area contributed by atoms with E-state index in [0.29, 0.717) is 16.7 Å². The van der Waals surface area contributed by atoms with Gasteiger partial charge in [-0.25, -0.2) is 22.7 Å². The van der Waals surface area contributed by atoms with Gasteiger partial charge in [0.05, 0.1) is 17.2 Å². The maximum atomic E-state index is 12.2. The van der Waals surface area contributed by atoms with Gasteiger partial charge in [-0.1, -0.05) is 0 Å². The number of hydrogen-bond donors (Lipinski definition) is 2. The van der Waals surface area contributed by atoms with Crippen LogP contribution < -0.4 is 10.6 Å². The summed E-state index contributed by atoms with van der Waals surface area (Å²) >= 11 is 2.98. The van der Waals surface area contributed by atoms with E-state index in [0.717, 1.165) is 35.1 Å². The maximum absolute atomic E-state index is 12.2. The number of rotatable bonds is 8. The van der Waals surface area contributed by atoms with Crippen molar-refractivity contribution >= 4 is 38.7 Å². The smallest absolute Gasteiger partial charge is 0.252 e. The van der Waals surface area contributed by atoms with Crippen LogP contribution in [0.3, 0.4) is 0 Å². The number of nitrogens with one attached hydrogen (secondary N) is 2. The van der Waals surface area contributed by atoms with Crippen molar-refractivity contribution < 1.29 is 8.42 Å². The number of thiazole rings is 1. The molecule has 0 bridgehead atoms. The van der Waals surface area contributed by atoms with Gasteiger partial charge in [0.1, 0.15) is 4.21 Å². The Hall–Kier alpha value is -1.49. The molecule has 0 aliphatic rings. The van der Waals surface area contributed by atoms with Gasteiger partial charge in [-0.2, -0.15) is 0 Å². The molecule has 2 aromatic rings. The van der Waals surface area contributed by atoms with E-state index < -0.39 is 10.0 Å². The second-order valence-electron chi connectivity index (χ2n) is 6.13. The van der Waals surface area contributed by atoms with E-state index in [1.807, 2.05) is 19.9 Å². The highest BCUT2D eigenvalue weighted by Crippen LogP contribution is 2.24. The van der Waals surface area contributed by atoms with E-state index in [2.05, 4.69) is 27.5 Å². The molecule has 0 aliphatic heterocycles. The largest absolute Gasteiger partial charge is 0.357 e. The van der Waals surface area contributed by atoms with Crippen LogP contribution in [0.25, 0.3) is 0 Å². The summed E-state index contributed by atoms with van der Waals surface area (Å²) in [5, 5.41) is 7.63. The van der Waals surface area contributed by atoms with Crippen molar-refractivity contribution in [2.24, 2.45) is 4.99 Å². The normalized spacial score (nSPS) is 12.6. The van der Waals surface area contributed by atoms with Crippen LogP contribution in [0.5, 0.6) is 0 Å². The summed E-state index contributed by atoms with van der Waals surface area (Å²) in [6.45, 7) is 8.05. The van der Waals surface area contributed by atoms with Crippen LogP contribution in [0.1, 0.15) is 27.4 Å². The molecule has 2 heterocycles. The molecule has 0 atom stereocenters. The minimum absolute atomic E-state index is 0.338. The lowest BCUT2D eigenvalue weighted by Gasteiger charge is -2.10. The number of hydrogen-bond acceptors (Lipinski definition) is 6. The number of sulfonamides is 1. The molecule has 0 saturated heterocycles. The van der Waals surface area contributed by atoms with Gasteiger partial charge >= 0.3 is 0 Å². The fourth-order valence-corrected chi connectivity index (χ4v) is 5.58. The number of aryl methyl sites for hydroxylation is 2. The highest BCUT2D eigenvalue weighted by atomic mass is 32.2. The zero-order valence-corrected chi connectivity index (χ0v) is 18.8. The molecule has 0 aromatic carbocycles. The quantitative estimate of drug-likeness (QED) is 0.497. The number of aromatic nitrogens is 1. The minimum Gasteiger partial charge on any atom is -0.357 e. The molecule has 0 saturated carbocycles. The Bertz CT molecular complexity index is 865. The lowest BCUT2D eigenvalue weighted by molar-refractivity contribution is 0.523. The van der Waals surface area contributed by atoms with Gasteiger partial charge in [0.2, 0.25) is 0 Å². The fourth-order valence-electron chi connectivity index (χ4n) is 2.19. The molecule has 0 aliphatic carbocycles. The summed E-state index contributed by atoms with van der Waals surface area (Å²) in [7, 11) is -0.318. The zero-order chi connectivity index (χ0) is 20.0. The predicted octanol–water partition coefficient (Wildman–Crippen LogP) is 2.37. The average Bonchev–Trinajstić information content (AvgIpc) is 3.20. The topological polar surface area (TPSA) is 86.7 Å². The Balaban J connectivity index is 1.96. The minimum atomic E-state index is -3.38. The Kier molecular flexibility index (Phi) is 7.78. The number of guanidine groups is 1. The highest BCUT2D eigenvalue weighted by molar-refractivity contribution is 7.91. The van der Waals surface area contributed by atoms with E-state index >= 15 is 0 Å². The highest BCUT2D eigenvalue weighted by Gasteiger charge is 2.19. The maximum Gasteiger partial charge on any atom is 0.252 e. The van der Waals surface area contributed by atoms with Crippen molar-refractivity contribution in [3.8, 4) is 0 Å². The first-order chi connectivity index (χ1) is 12.7. The third kappa shape index (κ3) is 6.00. The molecule has 0 amide bonds.